The standard InChI is InChI=1S/C10H16N2O/c1-7-4-5-12-9(6-7)8(2)11(3)10(12)13/h7,9H,2,4-6H2,1,3H3. The Balaban J connectivity index is 2.22. The van der Waals surface area contributed by atoms with Crippen LogP contribution in [-0.4, -0.2) is 35.5 Å². The molecule has 72 valence electrons. The van der Waals surface area contributed by atoms with Gasteiger partial charge in [0.25, 0.3) is 0 Å². The number of carbonyl (C=O) groups excluding carboxylic acids is 1. The molecule has 0 bridgehead atoms. The van der Waals surface area contributed by atoms with Gasteiger partial charge in [0.05, 0.1) is 6.04 Å². The molecule has 2 atom stereocenters. The number of fused-ring (bicyclic) bond motifs is 1. The lowest BCUT2D eigenvalue weighted by Gasteiger charge is -2.31. The normalized spacial score (nSPS) is 34.0. The lowest BCUT2D eigenvalue weighted by Crippen LogP contribution is -2.40. The Kier molecular flexibility index (Phi) is 1.82. The molecule has 2 unspecified atom stereocenters. The minimum atomic E-state index is 0.127. The van der Waals surface area contributed by atoms with Crippen LogP contribution in [0.3, 0.4) is 0 Å². The van der Waals surface area contributed by atoms with E-state index in [-0.39, 0.29) is 12.1 Å². The van der Waals surface area contributed by atoms with E-state index < -0.39 is 0 Å². The molecule has 0 aromatic heterocycles. The second-order valence-corrected chi connectivity index (χ2v) is 4.17. The van der Waals surface area contributed by atoms with Gasteiger partial charge >= 0.3 is 6.03 Å². The Morgan fingerprint density at radius 1 is 1.54 bits per heavy atom. The van der Waals surface area contributed by atoms with Crippen molar-refractivity contribution in [1.29, 1.82) is 0 Å². The molecule has 2 fully saturated rings. The summed E-state index contributed by atoms with van der Waals surface area (Å²) in [6.07, 6.45) is 2.21. The molecule has 2 aliphatic rings. The van der Waals surface area contributed by atoms with Gasteiger partial charge in [-0.25, -0.2) is 4.79 Å². The van der Waals surface area contributed by atoms with Crippen molar-refractivity contribution < 1.29 is 4.79 Å². The molecule has 0 aromatic rings. The van der Waals surface area contributed by atoms with Crippen molar-refractivity contribution in [2.45, 2.75) is 25.8 Å². The van der Waals surface area contributed by atoms with Crippen LogP contribution in [0.5, 0.6) is 0 Å². The molecule has 0 spiro atoms. The van der Waals surface area contributed by atoms with Crippen LogP contribution < -0.4 is 0 Å². The van der Waals surface area contributed by atoms with Gasteiger partial charge in [-0.15, -0.1) is 0 Å². The molecule has 0 N–H and O–H groups in total. The van der Waals surface area contributed by atoms with Crippen molar-refractivity contribution >= 4 is 6.03 Å². The quantitative estimate of drug-likeness (QED) is 0.556. The smallest absolute Gasteiger partial charge is 0.316 e. The first-order chi connectivity index (χ1) is 6.11. The first kappa shape index (κ1) is 8.60. The van der Waals surface area contributed by atoms with Crippen LogP contribution in [-0.2, 0) is 0 Å². The fraction of sp³-hybridized carbons (Fsp3) is 0.700. The lowest BCUT2D eigenvalue weighted by atomic mass is 9.92. The van der Waals surface area contributed by atoms with Crippen LogP contribution in [0.15, 0.2) is 12.3 Å². The number of rotatable bonds is 0. The van der Waals surface area contributed by atoms with Crippen molar-refractivity contribution in [2.24, 2.45) is 5.92 Å². The topological polar surface area (TPSA) is 23.6 Å². The van der Waals surface area contributed by atoms with E-state index in [2.05, 4.69) is 13.5 Å². The zero-order valence-corrected chi connectivity index (χ0v) is 8.29. The Morgan fingerprint density at radius 2 is 2.23 bits per heavy atom. The van der Waals surface area contributed by atoms with Crippen molar-refractivity contribution in [3.63, 3.8) is 0 Å². The molecule has 2 aliphatic heterocycles. The lowest BCUT2D eigenvalue weighted by molar-refractivity contribution is 0.164. The van der Waals surface area contributed by atoms with Gasteiger partial charge in [-0.2, -0.15) is 0 Å². The first-order valence-corrected chi connectivity index (χ1v) is 4.84. The average molecular weight is 180 g/mol. The third-order valence-electron chi connectivity index (χ3n) is 3.21. The average Bonchev–Trinajstić information content (AvgIpc) is 2.32. The summed E-state index contributed by atoms with van der Waals surface area (Å²) >= 11 is 0. The summed E-state index contributed by atoms with van der Waals surface area (Å²) < 4.78 is 0. The Labute approximate surface area is 79.0 Å². The molecular weight excluding hydrogens is 164 g/mol. The number of carbonyl (C=O) groups is 1. The molecule has 3 nitrogen and oxygen atoms in total. The molecular formula is C10H16N2O. The number of piperidine rings is 1. The molecule has 2 rings (SSSR count). The first-order valence-electron chi connectivity index (χ1n) is 4.84. The number of hydrogen-bond donors (Lipinski definition) is 0. The van der Waals surface area contributed by atoms with Crippen LogP contribution in [0.4, 0.5) is 4.79 Å². The van der Waals surface area contributed by atoms with Crippen LogP contribution in [0.1, 0.15) is 19.8 Å². The third-order valence-corrected chi connectivity index (χ3v) is 3.21. The monoisotopic (exact) mass is 180 g/mol. The third kappa shape index (κ3) is 1.14. The maximum atomic E-state index is 11.6. The van der Waals surface area contributed by atoms with E-state index >= 15 is 0 Å². The Bertz CT molecular complexity index is 262. The molecule has 2 saturated heterocycles. The predicted octanol–water partition coefficient (Wildman–Crippen LogP) is 1.67. The number of nitrogens with zero attached hydrogens (tertiary/aromatic N) is 2. The second kappa shape index (κ2) is 2.76. The Morgan fingerprint density at radius 3 is 2.92 bits per heavy atom. The SMILES string of the molecule is C=C1C2CC(C)CCN2C(=O)N1C. The van der Waals surface area contributed by atoms with Gasteiger partial charge < -0.3 is 4.90 Å². The summed E-state index contributed by atoms with van der Waals surface area (Å²) in [5.74, 6) is 0.720. The summed E-state index contributed by atoms with van der Waals surface area (Å²) in [6.45, 7) is 7.11. The summed E-state index contributed by atoms with van der Waals surface area (Å²) in [7, 11) is 1.81. The van der Waals surface area contributed by atoms with E-state index in [1.54, 1.807) is 4.90 Å². The molecule has 0 aromatic carbocycles. The number of urea groups is 1. The van der Waals surface area contributed by atoms with E-state index in [1.165, 1.54) is 0 Å². The molecule has 2 amide bonds. The summed E-state index contributed by atoms with van der Waals surface area (Å²) in [5.41, 5.74) is 0.969. The van der Waals surface area contributed by atoms with Crippen molar-refractivity contribution in [2.75, 3.05) is 13.6 Å². The van der Waals surface area contributed by atoms with Gasteiger partial charge in [0.2, 0.25) is 0 Å². The van der Waals surface area contributed by atoms with E-state index in [1.807, 2.05) is 11.9 Å². The fourth-order valence-corrected chi connectivity index (χ4v) is 2.23. The molecule has 0 radical (unpaired) electrons. The molecule has 0 saturated carbocycles. The highest BCUT2D eigenvalue weighted by Gasteiger charge is 2.41. The number of likely N-dealkylation sites (N-methyl/N-ethyl adjacent to an activating group) is 1. The van der Waals surface area contributed by atoms with Crippen molar-refractivity contribution in [1.82, 2.24) is 9.80 Å². The minimum absolute atomic E-state index is 0.127. The van der Waals surface area contributed by atoms with Crippen LogP contribution in [0.2, 0.25) is 0 Å². The molecule has 3 heteroatoms. The zero-order chi connectivity index (χ0) is 9.59. The van der Waals surface area contributed by atoms with E-state index in [0.717, 1.165) is 31.0 Å². The van der Waals surface area contributed by atoms with E-state index in [9.17, 15) is 4.79 Å². The predicted molar refractivity (Wildman–Crippen MR) is 51.2 cm³/mol. The van der Waals surface area contributed by atoms with Gasteiger partial charge in [0, 0.05) is 19.3 Å². The van der Waals surface area contributed by atoms with Crippen LogP contribution in [0, 0.1) is 5.92 Å². The second-order valence-electron chi connectivity index (χ2n) is 4.17. The largest absolute Gasteiger partial charge is 0.324 e. The highest BCUT2D eigenvalue weighted by Crippen LogP contribution is 2.33. The minimum Gasteiger partial charge on any atom is -0.316 e. The number of hydrogen-bond acceptors (Lipinski definition) is 1. The molecule has 0 aliphatic carbocycles. The zero-order valence-electron chi connectivity index (χ0n) is 8.29. The van der Waals surface area contributed by atoms with Crippen LogP contribution in [0.25, 0.3) is 0 Å². The maximum absolute atomic E-state index is 11.6. The fourth-order valence-electron chi connectivity index (χ4n) is 2.23. The number of amides is 2. The van der Waals surface area contributed by atoms with E-state index in [4.69, 9.17) is 0 Å². The summed E-state index contributed by atoms with van der Waals surface area (Å²) in [6, 6.07) is 0.406. The van der Waals surface area contributed by atoms with Gasteiger partial charge in [0.1, 0.15) is 0 Å². The Hall–Kier alpha value is -0.990. The van der Waals surface area contributed by atoms with Crippen LogP contribution >= 0.6 is 0 Å². The van der Waals surface area contributed by atoms with Crippen molar-refractivity contribution in [3.8, 4) is 0 Å². The maximum Gasteiger partial charge on any atom is 0.324 e. The van der Waals surface area contributed by atoms with Gasteiger partial charge in [0.15, 0.2) is 0 Å². The van der Waals surface area contributed by atoms with E-state index in [0.29, 0.717) is 0 Å². The highest BCUT2D eigenvalue weighted by atomic mass is 16.2. The summed E-state index contributed by atoms with van der Waals surface area (Å²) in [4.78, 5) is 15.3. The molecule has 2 heterocycles. The van der Waals surface area contributed by atoms with Gasteiger partial charge in [-0.3, -0.25) is 4.90 Å². The summed E-state index contributed by atoms with van der Waals surface area (Å²) in [5, 5.41) is 0. The van der Waals surface area contributed by atoms with Crippen molar-refractivity contribution in [3.05, 3.63) is 12.3 Å². The highest BCUT2D eigenvalue weighted by molar-refractivity contribution is 5.80. The van der Waals surface area contributed by atoms with Gasteiger partial charge in [-0.05, 0) is 18.8 Å². The van der Waals surface area contributed by atoms with Gasteiger partial charge in [-0.1, -0.05) is 13.5 Å². The molecule has 13 heavy (non-hydrogen) atoms.